The number of benzene rings is 1. The van der Waals surface area contributed by atoms with E-state index in [0.717, 1.165) is 19.4 Å². The van der Waals surface area contributed by atoms with Crippen LogP contribution >= 0.6 is 12.4 Å². The lowest BCUT2D eigenvalue weighted by atomic mass is 9.98. The van der Waals surface area contributed by atoms with Crippen molar-refractivity contribution in [3.05, 3.63) is 33.9 Å². The van der Waals surface area contributed by atoms with Crippen LogP contribution < -0.4 is 5.32 Å². The van der Waals surface area contributed by atoms with Gasteiger partial charge in [0.25, 0.3) is 5.69 Å². The van der Waals surface area contributed by atoms with Gasteiger partial charge >= 0.3 is 0 Å². The van der Waals surface area contributed by atoms with Crippen molar-refractivity contribution in [1.29, 1.82) is 0 Å². The number of sulfonamides is 1. The van der Waals surface area contributed by atoms with Crippen molar-refractivity contribution >= 4 is 28.1 Å². The Morgan fingerprint density at radius 3 is 2.43 bits per heavy atom. The van der Waals surface area contributed by atoms with E-state index in [-0.39, 0.29) is 23.0 Å². The predicted molar refractivity (Wildman–Crippen MR) is 90.5 cm³/mol. The zero-order valence-corrected chi connectivity index (χ0v) is 14.8. The maximum atomic E-state index is 12.7. The predicted octanol–water partition coefficient (Wildman–Crippen LogP) is 1.95. The maximum absolute atomic E-state index is 12.7. The molecule has 0 bridgehead atoms. The van der Waals surface area contributed by atoms with E-state index in [2.05, 4.69) is 5.32 Å². The van der Waals surface area contributed by atoms with Gasteiger partial charge in [0.05, 0.1) is 9.82 Å². The molecule has 2 rings (SSSR count). The molecule has 1 N–H and O–H groups in total. The Kier molecular flexibility index (Phi) is 6.94. The fourth-order valence-electron chi connectivity index (χ4n) is 2.82. The number of halogens is 1. The average Bonchev–Trinajstić information content (AvgIpc) is 2.47. The zero-order valence-electron chi connectivity index (χ0n) is 13.2. The van der Waals surface area contributed by atoms with E-state index < -0.39 is 14.9 Å². The van der Waals surface area contributed by atoms with Crippen LogP contribution in [-0.2, 0) is 10.0 Å². The number of piperidine rings is 1. The highest BCUT2D eigenvalue weighted by Crippen LogP contribution is 2.27. The summed E-state index contributed by atoms with van der Waals surface area (Å²) in [6.45, 7) is 3.47. The van der Waals surface area contributed by atoms with E-state index in [4.69, 9.17) is 0 Å². The van der Waals surface area contributed by atoms with Gasteiger partial charge in [-0.25, -0.2) is 8.42 Å². The minimum Gasteiger partial charge on any atom is -0.319 e. The van der Waals surface area contributed by atoms with Crippen molar-refractivity contribution in [1.82, 2.24) is 9.62 Å². The molecule has 1 fully saturated rings. The number of nitrogens with zero attached hydrogens (tertiary/aromatic N) is 2. The van der Waals surface area contributed by atoms with Gasteiger partial charge in [-0.05, 0) is 50.9 Å². The van der Waals surface area contributed by atoms with Gasteiger partial charge in [0.1, 0.15) is 0 Å². The van der Waals surface area contributed by atoms with E-state index in [1.165, 1.54) is 22.5 Å². The van der Waals surface area contributed by atoms with Crippen LogP contribution in [0.25, 0.3) is 0 Å². The summed E-state index contributed by atoms with van der Waals surface area (Å²) < 4.78 is 26.9. The van der Waals surface area contributed by atoms with Gasteiger partial charge in [-0.1, -0.05) is 0 Å². The first-order valence-corrected chi connectivity index (χ1v) is 8.70. The molecular formula is C14H22ClN3O4S. The summed E-state index contributed by atoms with van der Waals surface area (Å²) in [4.78, 5) is 10.4. The van der Waals surface area contributed by atoms with E-state index in [9.17, 15) is 18.5 Å². The molecule has 1 heterocycles. The van der Waals surface area contributed by atoms with Crippen LogP contribution in [0.4, 0.5) is 5.69 Å². The largest absolute Gasteiger partial charge is 0.319 e. The highest BCUT2D eigenvalue weighted by atomic mass is 35.5. The first-order valence-electron chi connectivity index (χ1n) is 7.26. The standard InChI is InChI=1S/C14H21N3O4S.ClH/c1-11-9-13(17(18)19)3-4-14(11)22(20,21)16-7-5-12(6-8-16)10-15-2;/h3-4,9,12,15H,5-8,10H2,1-2H3;1H. The van der Waals surface area contributed by atoms with Gasteiger partial charge in [-0.2, -0.15) is 4.31 Å². The van der Waals surface area contributed by atoms with Gasteiger partial charge in [0.2, 0.25) is 10.0 Å². The maximum Gasteiger partial charge on any atom is 0.269 e. The normalized spacial score (nSPS) is 16.8. The molecule has 0 aliphatic carbocycles. The Morgan fingerprint density at radius 1 is 1.35 bits per heavy atom. The fraction of sp³-hybridized carbons (Fsp3) is 0.571. The highest BCUT2D eigenvalue weighted by molar-refractivity contribution is 7.89. The monoisotopic (exact) mass is 363 g/mol. The summed E-state index contributed by atoms with van der Waals surface area (Å²) >= 11 is 0. The molecule has 7 nitrogen and oxygen atoms in total. The Bertz CT molecular complexity index is 658. The second-order valence-corrected chi connectivity index (χ2v) is 7.52. The van der Waals surface area contributed by atoms with Crippen molar-refractivity contribution in [2.45, 2.75) is 24.7 Å². The summed E-state index contributed by atoms with van der Waals surface area (Å²) in [5, 5.41) is 13.9. The van der Waals surface area contributed by atoms with Gasteiger partial charge in [0.15, 0.2) is 0 Å². The molecule has 1 saturated heterocycles. The topological polar surface area (TPSA) is 92.6 Å². The van der Waals surface area contributed by atoms with E-state index in [1.54, 1.807) is 6.92 Å². The number of rotatable bonds is 5. The van der Waals surface area contributed by atoms with Gasteiger partial charge in [-0.3, -0.25) is 10.1 Å². The Labute approximate surface area is 142 Å². The molecular weight excluding hydrogens is 342 g/mol. The molecule has 0 amide bonds. The van der Waals surface area contributed by atoms with Gasteiger partial charge in [-0.15, -0.1) is 12.4 Å². The summed E-state index contributed by atoms with van der Waals surface area (Å²) in [5.41, 5.74) is 0.315. The molecule has 130 valence electrons. The number of nitro groups is 1. The third-order valence-corrected chi connectivity index (χ3v) is 6.11. The summed E-state index contributed by atoms with van der Waals surface area (Å²) in [5.74, 6) is 0.495. The van der Waals surface area contributed by atoms with Crippen LogP contribution in [0.2, 0.25) is 0 Å². The van der Waals surface area contributed by atoms with Crippen LogP contribution in [-0.4, -0.2) is 44.3 Å². The lowest BCUT2D eigenvalue weighted by molar-refractivity contribution is -0.385. The summed E-state index contributed by atoms with van der Waals surface area (Å²) in [7, 11) is -1.69. The SMILES string of the molecule is CNCC1CCN(S(=O)(=O)c2ccc([N+](=O)[O-])cc2C)CC1.Cl. The van der Waals surface area contributed by atoms with Crippen LogP contribution in [0.5, 0.6) is 0 Å². The first kappa shape index (κ1) is 19.8. The molecule has 0 aromatic heterocycles. The number of nitro benzene ring substituents is 1. The highest BCUT2D eigenvalue weighted by Gasteiger charge is 2.30. The van der Waals surface area contributed by atoms with Crippen LogP contribution in [0.1, 0.15) is 18.4 Å². The molecule has 9 heteroatoms. The van der Waals surface area contributed by atoms with Crippen molar-refractivity contribution in [3.63, 3.8) is 0 Å². The number of aryl methyl sites for hydroxylation is 1. The second kappa shape index (κ2) is 8.05. The van der Waals surface area contributed by atoms with Gasteiger partial charge < -0.3 is 5.32 Å². The lowest BCUT2D eigenvalue weighted by Gasteiger charge is -2.31. The smallest absolute Gasteiger partial charge is 0.269 e. The molecule has 1 aliphatic heterocycles. The van der Waals surface area contributed by atoms with Crippen molar-refractivity contribution in [3.8, 4) is 0 Å². The number of hydrogen-bond donors (Lipinski definition) is 1. The van der Waals surface area contributed by atoms with Crippen LogP contribution in [0.15, 0.2) is 23.1 Å². The van der Waals surface area contributed by atoms with Crippen molar-refractivity contribution in [2.75, 3.05) is 26.7 Å². The summed E-state index contributed by atoms with van der Waals surface area (Å²) in [6, 6.07) is 3.89. The Balaban J connectivity index is 0.00000264. The molecule has 0 saturated carbocycles. The molecule has 0 spiro atoms. The molecule has 0 atom stereocenters. The second-order valence-electron chi connectivity index (χ2n) is 5.61. The zero-order chi connectivity index (χ0) is 16.3. The minimum atomic E-state index is -3.58. The van der Waals surface area contributed by atoms with Crippen molar-refractivity contribution in [2.24, 2.45) is 5.92 Å². The van der Waals surface area contributed by atoms with Gasteiger partial charge in [0, 0.05) is 25.2 Å². The number of hydrogen-bond acceptors (Lipinski definition) is 5. The first-order chi connectivity index (χ1) is 10.4. The number of non-ortho nitro benzene ring substituents is 1. The molecule has 23 heavy (non-hydrogen) atoms. The molecule has 0 unspecified atom stereocenters. The van der Waals surface area contributed by atoms with Crippen LogP contribution in [0, 0.1) is 23.0 Å². The Morgan fingerprint density at radius 2 is 1.96 bits per heavy atom. The summed E-state index contributed by atoms with van der Waals surface area (Å²) in [6.07, 6.45) is 1.65. The minimum absolute atomic E-state index is 0. The molecule has 1 aliphatic rings. The van der Waals surface area contributed by atoms with E-state index in [0.29, 0.717) is 24.6 Å². The molecule has 0 radical (unpaired) electrons. The average molecular weight is 364 g/mol. The fourth-order valence-corrected chi connectivity index (χ4v) is 4.49. The Hall–Kier alpha value is -1.22. The third kappa shape index (κ3) is 4.41. The van der Waals surface area contributed by atoms with E-state index in [1.807, 2.05) is 7.05 Å². The van der Waals surface area contributed by atoms with Crippen LogP contribution in [0.3, 0.4) is 0 Å². The van der Waals surface area contributed by atoms with Crippen molar-refractivity contribution < 1.29 is 13.3 Å². The lowest BCUT2D eigenvalue weighted by Crippen LogP contribution is -2.40. The molecule has 1 aromatic carbocycles. The van der Waals surface area contributed by atoms with E-state index >= 15 is 0 Å². The third-order valence-electron chi connectivity index (χ3n) is 4.05. The molecule has 1 aromatic rings. The quantitative estimate of drug-likeness (QED) is 0.637. The number of nitrogens with one attached hydrogen (secondary N) is 1.